The van der Waals surface area contributed by atoms with Crippen LogP contribution in [0.25, 0.3) is 0 Å². The van der Waals surface area contributed by atoms with Gasteiger partial charge in [0, 0.05) is 45.3 Å². The Hall–Kier alpha value is -1.92. The molecule has 0 bridgehead atoms. The second kappa shape index (κ2) is 8.97. The fourth-order valence-electron chi connectivity index (χ4n) is 3.68. The van der Waals surface area contributed by atoms with Crippen LogP contribution < -0.4 is 5.32 Å². The Balaban J connectivity index is 1.40. The normalized spacial score (nSPS) is 19.5. The van der Waals surface area contributed by atoms with E-state index in [1.165, 1.54) is 32.1 Å². The highest BCUT2D eigenvalue weighted by Gasteiger charge is 2.19. The molecule has 138 valence electrons. The van der Waals surface area contributed by atoms with Gasteiger partial charge in [-0.1, -0.05) is 32.1 Å². The van der Waals surface area contributed by atoms with E-state index < -0.39 is 0 Å². The predicted octanol–water partition coefficient (Wildman–Crippen LogP) is 1.86. The molecule has 0 aromatic carbocycles. The van der Waals surface area contributed by atoms with Crippen LogP contribution in [0.15, 0.2) is 4.42 Å². The van der Waals surface area contributed by atoms with E-state index in [-0.39, 0.29) is 11.8 Å². The maximum atomic E-state index is 12.3. The largest absolute Gasteiger partial charge is 0.425 e. The fourth-order valence-corrected chi connectivity index (χ4v) is 3.68. The van der Waals surface area contributed by atoms with Gasteiger partial charge in [-0.3, -0.25) is 9.59 Å². The van der Waals surface area contributed by atoms with Gasteiger partial charge < -0.3 is 14.6 Å². The minimum Gasteiger partial charge on any atom is -0.425 e. The number of aromatic nitrogens is 2. The van der Waals surface area contributed by atoms with Crippen molar-refractivity contribution in [2.24, 2.45) is 5.92 Å². The molecule has 1 aliphatic carbocycles. The summed E-state index contributed by atoms with van der Waals surface area (Å²) in [6, 6.07) is 0. The van der Waals surface area contributed by atoms with Gasteiger partial charge in [-0.05, 0) is 12.3 Å². The van der Waals surface area contributed by atoms with Crippen molar-refractivity contribution in [1.29, 1.82) is 0 Å². The van der Waals surface area contributed by atoms with Gasteiger partial charge in [-0.2, -0.15) is 0 Å². The Kier molecular flexibility index (Phi) is 6.42. The molecule has 7 heteroatoms. The van der Waals surface area contributed by atoms with E-state index in [0.717, 1.165) is 18.8 Å². The highest BCUT2D eigenvalue weighted by Crippen LogP contribution is 2.27. The van der Waals surface area contributed by atoms with Crippen LogP contribution in [-0.2, 0) is 22.4 Å². The molecule has 1 aromatic heterocycles. The van der Waals surface area contributed by atoms with Crippen molar-refractivity contribution in [2.45, 2.75) is 64.2 Å². The third-order valence-corrected chi connectivity index (χ3v) is 5.22. The van der Waals surface area contributed by atoms with Crippen molar-refractivity contribution in [2.75, 3.05) is 19.6 Å². The minimum atomic E-state index is 0.00908. The number of rotatable bonds is 6. The minimum absolute atomic E-state index is 0.00908. The van der Waals surface area contributed by atoms with Crippen molar-refractivity contribution in [1.82, 2.24) is 20.4 Å². The fraction of sp³-hybridized carbons (Fsp3) is 0.778. The standard InChI is InChI=1S/C18H28N4O3/c23-15-10-12-22(13-11-19-15)18(24)9-8-17-21-20-16(25-17)7-6-14-4-2-1-3-5-14/h14H,1-13H2,(H,19,23). The maximum Gasteiger partial charge on any atom is 0.223 e. The van der Waals surface area contributed by atoms with Crippen LogP contribution in [0.4, 0.5) is 0 Å². The van der Waals surface area contributed by atoms with Gasteiger partial charge in [-0.15, -0.1) is 10.2 Å². The molecule has 1 N–H and O–H groups in total. The summed E-state index contributed by atoms with van der Waals surface area (Å²) in [5, 5.41) is 11.0. The summed E-state index contributed by atoms with van der Waals surface area (Å²) < 4.78 is 5.69. The molecule has 7 nitrogen and oxygen atoms in total. The first kappa shape index (κ1) is 17.9. The van der Waals surface area contributed by atoms with Crippen LogP contribution in [-0.4, -0.2) is 46.5 Å². The number of aryl methyl sites for hydroxylation is 2. The smallest absolute Gasteiger partial charge is 0.223 e. The SMILES string of the molecule is O=C1CCN(C(=O)CCc2nnc(CCC3CCCCC3)o2)CCN1. The van der Waals surface area contributed by atoms with Crippen LogP contribution in [0.2, 0.25) is 0 Å². The Morgan fingerprint density at radius 1 is 1.12 bits per heavy atom. The zero-order valence-electron chi connectivity index (χ0n) is 14.8. The summed E-state index contributed by atoms with van der Waals surface area (Å²) in [7, 11) is 0. The predicted molar refractivity (Wildman–Crippen MR) is 91.7 cm³/mol. The van der Waals surface area contributed by atoms with Crippen LogP contribution in [0.1, 0.15) is 63.1 Å². The number of nitrogens with one attached hydrogen (secondary N) is 1. The molecule has 0 spiro atoms. The van der Waals surface area contributed by atoms with E-state index in [1.807, 2.05) is 0 Å². The second-order valence-corrected chi connectivity index (χ2v) is 7.11. The molecule has 2 heterocycles. The average Bonchev–Trinajstić information content (AvgIpc) is 2.98. The Morgan fingerprint density at radius 2 is 1.88 bits per heavy atom. The number of carbonyl (C=O) groups excluding carboxylic acids is 2. The number of nitrogens with zero attached hydrogens (tertiary/aromatic N) is 3. The van der Waals surface area contributed by atoms with Crippen LogP contribution in [0, 0.1) is 5.92 Å². The Labute approximate surface area is 148 Å². The van der Waals surface area contributed by atoms with Crippen molar-refractivity contribution >= 4 is 11.8 Å². The van der Waals surface area contributed by atoms with Gasteiger partial charge in [0.05, 0.1) is 0 Å². The van der Waals surface area contributed by atoms with E-state index in [2.05, 4.69) is 15.5 Å². The Morgan fingerprint density at radius 3 is 2.68 bits per heavy atom. The second-order valence-electron chi connectivity index (χ2n) is 7.11. The van der Waals surface area contributed by atoms with Gasteiger partial charge in [0.25, 0.3) is 0 Å². The lowest BCUT2D eigenvalue weighted by molar-refractivity contribution is -0.131. The van der Waals surface area contributed by atoms with Crippen LogP contribution in [0.5, 0.6) is 0 Å². The molecule has 1 saturated heterocycles. The first-order chi connectivity index (χ1) is 12.2. The summed E-state index contributed by atoms with van der Waals surface area (Å²) in [5.41, 5.74) is 0. The molecule has 1 aliphatic heterocycles. The summed E-state index contributed by atoms with van der Waals surface area (Å²) in [5.74, 6) is 2.08. The first-order valence-corrected chi connectivity index (χ1v) is 9.56. The number of carbonyl (C=O) groups is 2. The molecule has 2 aliphatic rings. The molecule has 0 radical (unpaired) electrons. The van der Waals surface area contributed by atoms with Gasteiger partial charge in [0.15, 0.2) is 0 Å². The van der Waals surface area contributed by atoms with Crippen molar-refractivity contribution in [3.8, 4) is 0 Å². The van der Waals surface area contributed by atoms with E-state index in [1.54, 1.807) is 4.90 Å². The molecule has 0 atom stereocenters. The van der Waals surface area contributed by atoms with Gasteiger partial charge in [-0.25, -0.2) is 0 Å². The molecule has 25 heavy (non-hydrogen) atoms. The lowest BCUT2D eigenvalue weighted by Crippen LogP contribution is -2.34. The van der Waals surface area contributed by atoms with Crippen LogP contribution >= 0.6 is 0 Å². The highest BCUT2D eigenvalue weighted by molar-refractivity contribution is 5.80. The number of hydrogen-bond donors (Lipinski definition) is 1. The molecule has 0 unspecified atom stereocenters. The Bertz CT molecular complexity index is 581. The lowest BCUT2D eigenvalue weighted by atomic mass is 9.86. The van der Waals surface area contributed by atoms with Crippen molar-refractivity contribution < 1.29 is 14.0 Å². The molecule has 1 saturated carbocycles. The van der Waals surface area contributed by atoms with Crippen LogP contribution in [0.3, 0.4) is 0 Å². The molecule has 2 fully saturated rings. The lowest BCUT2D eigenvalue weighted by Gasteiger charge is -2.20. The third-order valence-electron chi connectivity index (χ3n) is 5.22. The maximum absolute atomic E-state index is 12.3. The monoisotopic (exact) mass is 348 g/mol. The van der Waals surface area contributed by atoms with E-state index in [9.17, 15) is 9.59 Å². The molecule has 3 rings (SSSR count). The third kappa shape index (κ3) is 5.54. The average molecular weight is 348 g/mol. The molecular weight excluding hydrogens is 320 g/mol. The molecule has 2 amide bonds. The van der Waals surface area contributed by atoms with Gasteiger partial charge >= 0.3 is 0 Å². The van der Waals surface area contributed by atoms with Gasteiger partial charge in [0.1, 0.15) is 0 Å². The van der Waals surface area contributed by atoms with Crippen molar-refractivity contribution in [3.63, 3.8) is 0 Å². The molecule has 1 aromatic rings. The first-order valence-electron chi connectivity index (χ1n) is 9.56. The van der Waals surface area contributed by atoms with E-state index in [0.29, 0.717) is 50.7 Å². The number of hydrogen-bond acceptors (Lipinski definition) is 5. The summed E-state index contributed by atoms with van der Waals surface area (Å²) >= 11 is 0. The zero-order valence-corrected chi connectivity index (χ0v) is 14.8. The van der Waals surface area contributed by atoms with Crippen molar-refractivity contribution in [3.05, 3.63) is 11.8 Å². The quantitative estimate of drug-likeness (QED) is 0.848. The zero-order chi connectivity index (χ0) is 17.5. The number of amides is 2. The topological polar surface area (TPSA) is 88.3 Å². The summed E-state index contributed by atoms with van der Waals surface area (Å²) in [6.45, 7) is 1.58. The summed E-state index contributed by atoms with van der Waals surface area (Å²) in [4.78, 5) is 25.3. The van der Waals surface area contributed by atoms with E-state index >= 15 is 0 Å². The summed E-state index contributed by atoms with van der Waals surface area (Å²) in [6.07, 6.45) is 9.85. The highest BCUT2D eigenvalue weighted by atomic mass is 16.4. The molecular formula is C18H28N4O3. The van der Waals surface area contributed by atoms with Gasteiger partial charge in [0.2, 0.25) is 23.6 Å². The van der Waals surface area contributed by atoms with E-state index in [4.69, 9.17) is 4.42 Å².